The van der Waals surface area contributed by atoms with Gasteiger partial charge < -0.3 is 19.9 Å². The second kappa shape index (κ2) is 8.94. The number of rotatable bonds is 5. The number of aryl methyl sites for hydroxylation is 2. The van der Waals surface area contributed by atoms with E-state index in [4.69, 9.17) is 4.74 Å². The number of ether oxygens (including phenoxy) is 1. The zero-order valence-electron chi connectivity index (χ0n) is 20.3. The van der Waals surface area contributed by atoms with E-state index in [1.54, 1.807) is 36.4 Å². The highest BCUT2D eigenvalue weighted by atomic mass is 16.5. The fourth-order valence-corrected chi connectivity index (χ4v) is 4.44. The van der Waals surface area contributed by atoms with Gasteiger partial charge in [0.1, 0.15) is 11.5 Å². The van der Waals surface area contributed by atoms with Crippen molar-refractivity contribution in [2.75, 3.05) is 12.0 Å². The minimum atomic E-state index is -1.11. The molecule has 1 amide bonds. The van der Waals surface area contributed by atoms with Crippen molar-refractivity contribution in [3.63, 3.8) is 0 Å². The molecule has 186 valence electrons. The molecule has 0 bridgehead atoms. The number of fused-ring (bicyclic) bond motifs is 1. The van der Waals surface area contributed by atoms with E-state index in [0.29, 0.717) is 27.9 Å². The van der Waals surface area contributed by atoms with E-state index in [2.05, 4.69) is 9.97 Å². The van der Waals surface area contributed by atoms with Crippen molar-refractivity contribution in [3.8, 4) is 5.75 Å². The Morgan fingerprint density at radius 3 is 2.30 bits per heavy atom. The van der Waals surface area contributed by atoms with E-state index in [-0.39, 0.29) is 22.8 Å². The Kier molecular flexibility index (Phi) is 5.75. The molecule has 3 N–H and O–H groups in total. The number of amides is 1. The number of nitrogens with one attached hydrogen (secondary N) is 1. The summed E-state index contributed by atoms with van der Waals surface area (Å²) in [6.07, 6.45) is 0. The first kappa shape index (κ1) is 23.8. The Morgan fingerprint density at radius 1 is 0.946 bits per heavy atom. The fourth-order valence-electron chi connectivity index (χ4n) is 4.44. The predicted octanol–water partition coefficient (Wildman–Crippen LogP) is 4.51. The number of hydrogen-bond donors (Lipinski definition) is 3. The lowest BCUT2D eigenvalue weighted by Gasteiger charge is -2.23. The van der Waals surface area contributed by atoms with Gasteiger partial charge in [0.25, 0.3) is 5.78 Å². The number of ketones is 1. The number of aliphatic hydroxyl groups is 1. The van der Waals surface area contributed by atoms with E-state index in [9.17, 15) is 24.6 Å². The molecular formula is C28H23N3O6. The number of carboxylic acid groups (broad SMARTS) is 1. The van der Waals surface area contributed by atoms with Gasteiger partial charge in [0, 0.05) is 5.56 Å². The number of benzene rings is 3. The van der Waals surface area contributed by atoms with E-state index in [1.807, 2.05) is 19.9 Å². The van der Waals surface area contributed by atoms with Gasteiger partial charge in [-0.15, -0.1) is 0 Å². The maximum absolute atomic E-state index is 13.4. The molecule has 1 aromatic heterocycles. The molecule has 37 heavy (non-hydrogen) atoms. The van der Waals surface area contributed by atoms with Crippen LogP contribution in [-0.2, 0) is 9.59 Å². The number of anilines is 1. The van der Waals surface area contributed by atoms with Crippen molar-refractivity contribution in [3.05, 3.63) is 94.1 Å². The van der Waals surface area contributed by atoms with Gasteiger partial charge in [-0.3, -0.25) is 14.5 Å². The van der Waals surface area contributed by atoms with Crippen molar-refractivity contribution in [2.45, 2.75) is 19.9 Å². The van der Waals surface area contributed by atoms with Gasteiger partial charge in [-0.25, -0.2) is 9.78 Å². The van der Waals surface area contributed by atoms with Crippen LogP contribution >= 0.6 is 0 Å². The normalized spacial score (nSPS) is 16.9. The molecule has 0 saturated carbocycles. The standard InChI is InChI=1S/C28H23N3O6/c1-14-4-5-17(12-15(14)2)24(32)22-23(16-6-9-19(37-3)10-7-16)31(26(34)25(22)33)28-29-20-11-8-18(27(35)36)13-21(20)30-28/h4-13,23,32H,1-3H3,(H,29,30)(H,35,36)/b24-22+. The summed E-state index contributed by atoms with van der Waals surface area (Å²) in [5.74, 6) is -2.49. The molecule has 0 radical (unpaired) electrons. The van der Waals surface area contributed by atoms with Crippen molar-refractivity contribution < 1.29 is 29.3 Å². The molecule has 4 aromatic rings. The average molecular weight is 498 g/mol. The minimum absolute atomic E-state index is 0.0474. The van der Waals surface area contributed by atoms with Crippen molar-refractivity contribution in [1.29, 1.82) is 0 Å². The Balaban J connectivity index is 1.71. The first-order valence-electron chi connectivity index (χ1n) is 11.4. The molecule has 1 aliphatic heterocycles. The molecule has 1 fully saturated rings. The first-order valence-corrected chi connectivity index (χ1v) is 11.4. The highest BCUT2D eigenvalue weighted by Gasteiger charge is 2.48. The third kappa shape index (κ3) is 4.00. The quantitative estimate of drug-likeness (QED) is 0.210. The summed E-state index contributed by atoms with van der Waals surface area (Å²) >= 11 is 0. The molecule has 2 heterocycles. The molecule has 9 heteroatoms. The number of aromatic amines is 1. The van der Waals surface area contributed by atoms with Crippen LogP contribution in [0.15, 0.2) is 66.2 Å². The van der Waals surface area contributed by atoms with Gasteiger partial charge in [0.05, 0.1) is 35.3 Å². The van der Waals surface area contributed by atoms with Gasteiger partial charge in [0.15, 0.2) is 0 Å². The molecule has 1 saturated heterocycles. The molecule has 5 rings (SSSR count). The highest BCUT2D eigenvalue weighted by molar-refractivity contribution is 6.51. The van der Waals surface area contributed by atoms with E-state index in [1.165, 1.54) is 30.2 Å². The largest absolute Gasteiger partial charge is 0.507 e. The maximum Gasteiger partial charge on any atom is 0.335 e. The molecule has 1 aliphatic rings. The summed E-state index contributed by atoms with van der Waals surface area (Å²) in [7, 11) is 1.53. The Morgan fingerprint density at radius 2 is 1.65 bits per heavy atom. The zero-order chi connectivity index (χ0) is 26.4. The van der Waals surface area contributed by atoms with Crippen LogP contribution in [0.3, 0.4) is 0 Å². The van der Waals surface area contributed by atoms with E-state index in [0.717, 1.165) is 11.1 Å². The van der Waals surface area contributed by atoms with E-state index >= 15 is 0 Å². The lowest BCUT2D eigenvalue weighted by molar-refractivity contribution is -0.132. The molecule has 1 atom stereocenters. The van der Waals surface area contributed by atoms with Crippen molar-refractivity contribution >= 4 is 40.4 Å². The second-order valence-electron chi connectivity index (χ2n) is 8.84. The Hall–Kier alpha value is -4.92. The monoisotopic (exact) mass is 497 g/mol. The average Bonchev–Trinajstić information content (AvgIpc) is 3.43. The summed E-state index contributed by atoms with van der Waals surface area (Å²) in [6, 6.07) is 15.4. The van der Waals surface area contributed by atoms with E-state index < -0.39 is 23.7 Å². The number of hydrogen-bond acceptors (Lipinski definition) is 6. The van der Waals surface area contributed by atoms with Crippen LogP contribution in [0.5, 0.6) is 5.75 Å². The number of aromatic nitrogens is 2. The van der Waals surface area contributed by atoms with Gasteiger partial charge in [-0.05, 0) is 66.9 Å². The number of carboxylic acids is 1. The lowest BCUT2D eigenvalue weighted by atomic mass is 9.94. The molecule has 1 unspecified atom stereocenters. The minimum Gasteiger partial charge on any atom is -0.507 e. The van der Waals surface area contributed by atoms with Gasteiger partial charge in [0.2, 0.25) is 5.95 Å². The van der Waals surface area contributed by atoms with Crippen LogP contribution in [0.2, 0.25) is 0 Å². The number of methoxy groups -OCH3 is 1. The van der Waals surface area contributed by atoms with Crippen LogP contribution in [0.4, 0.5) is 5.95 Å². The number of carbonyl (C=O) groups is 3. The molecular weight excluding hydrogens is 474 g/mol. The van der Waals surface area contributed by atoms with Crippen LogP contribution in [-0.4, -0.2) is 45.0 Å². The van der Waals surface area contributed by atoms with Crippen LogP contribution < -0.4 is 9.64 Å². The number of Topliss-reactive ketones (excluding diaryl/α,β-unsaturated/α-hetero) is 1. The Labute approximate surface area is 211 Å². The van der Waals surface area contributed by atoms with Gasteiger partial charge in [-0.2, -0.15) is 0 Å². The summed E-state index contributed by atoms with van der Waals surface area (Å²) in [5.41, 5.74) is 3.69. The summed E-state index contributed by atoms with van der Waals surface area (Å²) < 4.78 is 5.25. The summed E-state index contributed by atoms with van der Waals surface area (Å²) in [5, 5.41) is 20.6. The number of aromatic carboxylic acids is 1. The number of imidazole rings is 1. The van der Waals surface area contributed by atoms with Crippen LogP contribution in [0, 0.1) is 13.8 Å². The third-order valence-electron chi connectivity index (χ3n) is 6.60. The first-order chi connectivity index (χ1) is 17.7. The topological polar surface area (TPSA) is 133 Å². The second-order valence-corrected chi connectivity index (χ2v) is 8.84. The number of aliphatic hydroxyl groups excluding tert-OH is 1. The zero-order valence-corrected chi connectivity index (χ0v) is 20.3. The number of nitrogens with zero attached hydrogens (tertiary/aromatic N) is 2. The molecule has 9 nitrogen and oxygen atoms in total. The Bertz CT molecular complexity index is 1620. The molecule has 0 spiro atoms. The maximum atomic E-state index is 13.4. The SMILES string of the molecule is COc1ccc(C2/C(=C(\O)c3ccc(C)c(C)c3)C(=O)C(=O)N2c2nc3ccc(C(=O)O)cc3[nH]2)cc1. The van der Waals surface area contributed by atoms with Crippen molar-refractivity contribution in [2.24, 2.45) is 0 Å². The highest BCUT2D eigenvalue weighted by Crippen LogP contribution is 2.42. The summed E-state index contributed by atoms with van der Waals surface area (Å²) in [6.45, 7) is 3.83. The van der Waals surface area contributed by atoms with Crippen molar-refractivity contribution in [1.82, 2.24) is 9.97 Å². The fraction of sp³-hybridized carbons (Fsp3) is 0.143. The molecule has 0 aliphatic carbocycles. The van der Waals surface area contributed by atoms with Gasteiger partial charge >= 0.3 is 11.9 Å². The predicted molar refractivity (Wildman–Crippen MR) is 137 cm³/mol. The molecule has 3 aromatic carbocycles. The lowest BCUT2D eigenvalue weighted by Crippen LogP contribution is -2.30. The number of carbonyl (C=O) groups excluding carboxylic acids is 2. The number of H-pyrrole nitrogens is 1. The smallest absolute Gasteiger partial charge is 0.335 e. The third-order valence-corrected chi connectivity index (χ3v) is 6.60. The summed E-state index contributed by atoms with van der Waals surface area (Å²) in [4.78, 5) is 46.8. The van der Waals surface area contributed by atoms with Crippen LogP contribution in [0.1, 0.15) is 38.7 Å². The van der Waals surface area contributed by atoms with Gasteiger partial charge in [-0.1, -0.05) is 24.3 Å². The van der Waals surface area contributed by atoms with Crippen LogP contribution in [0.25, 0.3) is 16.8 Å².